The van der Waals surface area contributed by atoms with Gasteiger partial charge in [-0.2, -0.15) is 0 Å². The van der Waals surface area contributed by atoms with Crippen LogP contribution in [-0.2, 0) is 0 Å². The summed E-state index contributed by atoms with van der Waals surface area (Å²) >= 11 is 0. The average Bonchev–Trinajstić information content (AvgIpc) is 1.72. The summed E-state index contributed by atoms with van der Waals surface area (Å²) in [6.45, 7) is 0. The minimum absolute atomic E-state index is 0. The first-order chi connectivity index (χ1) is 3.00. The van der Waals surface area contributed by atoms with Crippen LogP contribution < -0.4 is 0 Å². The van der Waals surface area contributed by atoms with Crippen molar-refractivity contribution in [2.75, 3.05) is 0 Å². The van der Waals surface area contributed by atoms with Gasteiger partial charge >= 0.3 is 0 Å². The SMILES string of the molecule is [He].c1ccncc1. The number of hydrogen-bond donors (Lipinski definition) is 0. The van der Waals surface area contributed by atoms with E-state index in [-0.39, 0.29) is 6.15 Å². The van der Waals surface area contributed by atoms with Crippen molar-refractivity contribution in [3.8, 4) is 0 Å². The maximum atomic E-state index is 3.78. The summed E-state index contributed by atoms with van der Waals surface area (Å²) in [5.74, 6) is 0. The molecule has 0 radical (unpaired) electrons. The first kappa shape index (κ1) is 6.06. The van der Waals surface area contributed by atoms with Crippen LogP contribution in [0.3, 0.4) is 0 Å². The number of hydrogen-bond acceptors (Lipinski definition) is 1. The molecule has 0 spiro atoms. The van der Waals surface area contributed by atoms with Gasteiger partial charge in [-0.15, -0.1) is 0 Å². The van der Waals surface area contributed by atoms with Gasteiger partial charge in [0.15, 0.2) is 0 Å². The van der Waals surface area contributed by atoms with Crippen molar-refractivity contribution in [3.63, 3.8) is 0 Å². The Balaban J connectivity index is 0.000000360. The van der Waals surface area contributed by atoms with Crippen LogP contribution in [0.15, 0.2) is 30.6 Å². The van der Waals surface area contributed by atoms with Crippen LogP contribution in [0, 0.1) is 6.15 Å². The molecule has 1 rings (SSSR count). The summed E-state index contributed by atoms with van der Waals surface area (Å²) in [6, 6.07) is 5.72. The van der Waals surface area contributed by atoms with Gasteiger partial charge < -0.3 is 0 Å². The first-order valence-electron chi connectivity index (χ1n) is 1.85. The summed E-state index contributed by atoms with van der Waals surface area (Å²) in [4.78, 5) is 3.78. The van der Waals surface area contributed by atoms with Crippen molar-refractivity contribution in [1.82, 2.24) is 4.98 Å². The Hall–Kier alpha value is -0.941. The molecule has 1 aromatic heterocycles. The topological polar surface area (TPSA) is 12.9 Å². The number of nitrogens with zero attached hydrogens (tertiary/aromatic N) is 1. The van der Waals surface area contributed by atoms with Gasteiger partial charge in [-0.1, -0.05) is 6.07 Å². The van der Waals surface area contributed by atoms with Crippen LogP contribution in [0.5, 0.6) is 0 Å². The van der Waals surface area contributed by atoms with Crippen LogP contribution in [0.4, 0.5) is 0 Å². The molecule has 32 valence electrons. The third-order valence-corrected chi connectivity index (χ3v) is 0.566. The van der Waals surface area contributed by atoms with E-state index < -0.39 is 0 Å². The molecule has 0 amide bonds. The van der Waals surface area contributed by atoms with E-state index in [4.69, 9.17) is 0 Å². The summed E-state index contributed by atoms with van der Waals surface area (Å²) in [5, 5.41) is 0. The van der Waals surface area contributed by atoms with Gasteiger partial charge in [-0.05, 0) is 12.1 Å². The van der Waals surface area contributed by atoms with E-state index in [9.17, 15) is 0 Å². The van der Waals surface area contributed by atoms with Crippen LogP contribution in [0.2, 0.25) is 0 Å². The molecule has 1 aromatic rings. The van der Waals surface area contributed by atoms with E-state index in [0.29, 0.717) is 0 Å². The van der Waals surface area contributed by atoms with Gasteiger partial charge in [0.2, 0.25) is 0 Å². The van der Waals surface area contributed by atoms with Crippen LogP contribution in [0.1, 0.15) is 0 Å². The second kappa shape index (κ2) is 3.26. The number of rotatable bonds is 0. The first-order valence-corrected chi connectivity index (χ1v) is 1.85. The zero-order valence-corrected chi connectivity index (χ0v) is 4.04. The van der Waals surface area contributed by atoms with Crippen molar-refractivity contribution in [3.05, 3.63) is 30.6 Å². The molecule has 0 bridgehead atoms. The van der Waals surface area contributed by atoms with Gasteiger partial charge in [0.05, 0.1) is 0 Å². The Morgan fingerprint density at radius 3 is 1.57 bits per heavy atom. The van der Waals surface area contributed by atoms with Crippen LogP contribution in [-0.4, -0.2) is 4.98 Å². The van der Waals surface area contributed by atoms with Gasteiger partial charge in [-0.3, -0.25) is 4.98 Å². The Morgan fingerprint density at radius 2 is 1.43 bits per heavy atom. The Labute approximate surface area is 42.8 Å². The van der Waals surface area contributed by atoms with Crippen molar-refractivity contribution >= 4 is 0 Å². The molecule has 0 saturated heterocycles. The second-order valence-electron chi connectivity index (χ2n) is 1.02. The zero-order valence-electron chi connectivity index (χ0n) is 4.04. The van der Waals surface area contributed by atoms with Crippen molar-refractivity contribution in [1.29, 1.82) is 0 Å². The number of aromatic nitrogens is 1. The third kappa shape index (κ3) is 1.85. The van der Waals surface area contributed by atoms with E-state index in [2.05, 4.69) is 4.98 Å². The minimum atomic E-state index is 0. The minimum Gasteiger partial charge on any atom is -0.265 e. The predicted octanol–water partition coefficient (Wildman–Crippen LogP) is 1.08. The molecule has 0 fully saturated rings. The maximum Gasteiger partial charge on any atom is 0.0267 e. The molecule has 0 saturated carbocycles. The molecule has 0 unspecified atom stereocenters. The average molecular weight is 83.1 g/mol. The molecule has 0 aliphatic heterocycles. The maximum absolute atomic E-state index is 3.78. The molecule has 0 N–H and O–H groups in total. The molecule has 0 aliphatic carbocycles. The monoisotopic (exact) mass is 83.0 g/mol. The normalized spacial score (nSPS) is 6.86. The fourth-order valence-corrected chi connectivity index (χ4v) is 0.313. The Bertz CT molecular complexity index is 80.0. The van der Waals surface area contributed by atoms with Crippen molar-refractivity contribution in [2.45, 2.75) is 0 Å². The van der Waals surface area contributed by atoms with Crippen LogP contribution in [0.25, 0.3) is 0 Å². The van der Waals surface area contributed by atoms with E-state index in [1.54, 1.807) is 12.4 Å². The van der Waals surface area contributed by atoms with Crippen LogP contribution >= 0.6 is 0 Å². The fourth-order valence-electron chi connectivity index (χ4n) is 0.313. The standard InChI is InChI=1S/C5H5N.He/c1-2-4-6-5-3-1;/h1-5H;. The molecule has 2 heteroatoms. The Morgan fingerprint density at radius 1 is 0.857 bits per heavy atom. The molecule has 0 aliphatic rings. The van der Waals surface area contributed by atoms with Gasteiger partial charge in [0.1, 0.15) is 0 Å². The van der Waals surface area contributed by atoms with Crippen molar-refractivity contribution < 1.29 is 6.15 Å². The molecule has 0 atom stereocenters. The third-order valence-electron chi connectivity index (χ3n) is 0.566. The molecule has 1 nitrogen and oxygen atoms in total. The van der Waals surface area contributed by atoms with Crippen molar-refractivity contribution in [2.24, 2.45) is 0 Å². The largest absolute Gasteiger partial charge is 0.265 e. The second-order valence-corrected chi connectivity index (χ2v) is 1.02. The summed E-state index contributed by atoms with van der Waals surface area (Å²) in [5.41, 5.74) is 0. The van der Waals surface area contributed by atoms with E-state index in [0.717, 1.165) is 0 Å². The predicted molar refractivity (Wildman–Crippen MR) is 24.2 cm³/mol. The van der Waals surface area contributed by atoms with Gasteiger partial charge in [0.25, 0.3) is 0 Å². The molecular weight excluding hydrogens is 78.1 g/mol. The summed E-state index contributed by atoms with van der Waals surface area (Å²) < 4.78 is 0. The summed E-state index contributed by atoms with van der Waals surface area (Å²) in [6.07, 6.45) is 3.50. The quantitative estimate of drug-likeness (QED) is 0.457. The Kier molecular flexibility index (Phi) is 2.82. The van der Waals surface area contributed by atoms with E-state index in [1.807, 2.05) is 18.2 Å². The fraction of sp³-hybridized carbons (Fsp3) is 0. The molecule has 0 aromatic carbocycles. The summed E-state index contributed by atoms with van der Waals surface area (Å²) in [7, 11) is 0. The van der Waals surface area contributed by atoms with E-state index >= 15 is 0 Å². The van der Waals surface area contributed by atoms with E-state index in [1.165, 1.54) is 0 Å². The molecular formula is C5H5HeN. The smallest absolute Gasteiger partial charge is 0.0267 e. The van der Waals surface area contributed by atoms with Gasteiger partial charge in [0, 0.05) is 18.5 Å². The zero-order chi connectivity index (χ0) is 4.24. The molecule has 7 heavy (non-hydrogen) atoms. The van der Waals surface area contributed by atoms with Gasteiger partial charge in [-0.25, -0.2) is 0 Å². The number of pyridine rings is 1. The molecule has 1 heterocycles.